The monoisotopic (exact) mass is 305 g/mol. The molecule has 102 valence electrons. The molecule has 0 atom stereocenters. The van der Waals surface area contributed by atoms with Gasteiger partial charge in [0, 0.05) is 6.21 Å². The fraction of sp³-hybridized carbons (Fsp3) is 0.0625. The van der Waals surface area contributed by atoms with E-state index in [4.69, 9.17) is 27.9 Å². The molecule has 2 aromatic carbocycles. The summed E-state index contributed by atoms with van der Waals surface area (Å²) in [5.74, 6) is 0.832. The van der Waals surface area contributed by atoms with E-state index in [2.05, 4.69) is 4.99 Å². The van der Waals surface area contributed by atoms with E-state index < -0.39 is 0 Å². The van der Waals surface area contributed by atoms with E-state index in [9.17, 15) is 0 Å². The molecular formula is C16H13Cl2NO. The molecule has 0 amide bonds. The van der Waals surface area contributed by atoms with Crippen LogP contribution in [0, 0.1) is 0 Å². The third-order valence-corrected chi connectivity index (χ3v) is 3.24. The third-order valence-electron chi connectivity index (χ3n) is 2.63. The Morgan fingerprint density at radius 3 is 2.25 bits per heavy atom. The minimum absolute atomic E-state index is 0.534. The Morgan fingerprint density at radius 1 is 1.00 bits per heavy atom. The summed E-state index contributed by atoms with van der Waals surface area (Å²) >= 11 is 12.0. The lowest BCUT2D eigenvalue weighted by Gasteiger charge is -1.99. The average Bonchev–Trinajstić information content (AvgIpc) is 2.46. The van der Waals surface area contributed by atoms with Crippen molar-refractivity contribution in [2.24, 2.45) is 4.99 Å². The molecule has 0 saturated carbocycles. The van der Waals surface area contributed by atoms with Crippen LogP contribution in [0.25, 0.3) is 6.08 Å². The Bertz CT molecular complexity index is 613. The van der Waals surface area contributed by atoms with Gasteiger partial charge in [0.15, 0.2) is 0 Å². The van der Waals surface area contributed by atoms with Crippen LogP contribution in [0.15, 0.2) is 53.5 Å². The molecule has 20 heavy (non-hydrogen) atoms. The number of ether oxygens (including phenoxy) is 1. The van der Waals surface area contributed by atoms with Crippen LogP contribution in [0.5, 0.6) is 5.75 Å². The molecule has 0 bridgehead atoms. The number of hydrogen-bond acceptors (Lipinski definition) is 2. The summed E-state index contributed by atoms with van der Waals surface area (Å²) in [5, 5.41) is 1.07. The maximum atomic E-state index is 6.02. The van der Waals surface area contributed by atoms with Crippen molar-refractivity contribution in [3.05, 3.63) is 64.1 Å². The Hall–Kier alpha value is -1.77. The van der Waals surface area contributed by atoms with Crippen LogP contribution < -0.4 is 4.74 Å². The highest BCUT2D eigenvalue weighted by molar-refractivity contribution is 6.38. The molecule has 0 aliphatic rings. The molecule has 2 rings (SSSR count). The summed E-state index contributed by atoms with van der Waals surface area (Å²) in [7, 11) is 1.64. The molecule has 0 saturated heterocycles. The van der Waals surface area contributed by atoms with E-state index in [0.29, 0.717) is 15.7 Å². The van der Waals surface area contributed by atoms with Gasteiger partial charge in [0.1, 0.15) is 11.4 Å². The van der Waals surface area contributed by atoms with Gasteiger partial charge in [-0.1, -0.05) is 47.5 Å². The van der Waals surface area contributed by atoms with E-state index in [1.165, 1.54) is 0 Å². The lowest BCUT2D eigenvalue weighted by Crippen LogP contribution is -1.81. The Balaban J connectivity index is 2.07. The molecule has 0 aromatic heterocycles. The lowest BCUT2D eigenvalue weighted by molar-refractivity contribution is 0.415. The van der Waals surface area contributed by atoms with Crippen molar-refractivity contribution >= 4 is 41.2 Å². The number of methoxy groups -OCH3 is 1. The van der Waals surface area contributed by atoms with Crippen molar-refractivity contribution in [2.45, 2.75) is 0 Å². The summed E-state index contributed by atoms with van der Waals surface area (Å²) in [5.41, 5.74) is 1.64. The molecule has 0 unspecified atom stereocenters. The Morgan fingerprint density at radius 2 is 1.65 bits per heavy atom. The van der Waals surface area contributed by atoms with Crippen molar-refractivity contribution in [1.82, 2.24) is 0 Å². The van der Waals surface area contributed by atoms with Crippen LogP contribution in [-0.4, -0.2) is 13.3 Å². The van der Waals surface area contributed by atoms with Crippen molar-refractivity contribution in [1.29, 1.82) is 0 Å². The van der Waals surface area contributed by atoms with Gasteiger partial charge in [-0.3, -0.25) is 4.99 Å². The van der Waals surface area contributed by atoms with Crippen molar-refractivity contribution in [2.75, 3.05) is 7.11 Å². The topological polar surface area (TPSA) is 21.6 Å². The second-order valence-electron chi connectivity index (χ2n) is 3.98. The number of hydrogen-bond donors (Lipinski definition) is 0. The van der Waals surface area contributed by atoms with Gasteiger partial charge >= 0.3 is 0 Å². The normalized spacial score (nSPS) is 11.3. The summed E-state index contributed by atoms with van der Waals surface area (Å²) in [6.07, 6.45) is 5.44. The van der Waals surface area contributed by atoms with Crippen molar-refractivity contribution in [3.63, 3.8) is 0 Å². The number of nitrogens with zero attached hydrogens (tertiary/aromatic N) is 1. The maximum Gasteiger partial charge on any atom is 0.118 e. The van der Waals surface area contributed by atoms with Gasteiger partial charge in [0.25, 0.3) is 0 Å². The van der Waals surface area contributed by atoms with E-state index in [-0.39, 0.29) is 0 Å². The predicted molar refractivity (Wildman–Crippen MR) is 86.6 cm³/mol. The average molecular weight is 306 g/mol. The SMILES string of the molecule is COc1ccc(C=CC=Nc2c(Cl)cccc2Cl)cc1. The van der Waals surface area contributed by atoms with Gasteiger partial charge < -0.3 is 4.74 Å². The summed E-state index contributed by atoms with van der Waals surface area (Å²) in [4.78, 5) is 4.25. The first-order valence-corrected chi connectivity index (χ1v) is 6.75. The quantitative estimate of drug-likeness (QED) is 0.691. The standard InChI is InChI=1S/C16H13Cl2NO/c1-20-13-9-7-12(8-10-13)4-3-11-19-16-14(17)5-2-6-15(16)18/h2-11H,1H3. The van der Waals surface area contributed by atoms with Crippen LogP contribution in [0.4, 0.5) is 5.69 Å². The highest BCUT2D eigenvalue weighted by Gasteiger charge is 2.01. The van der Waals surface area contributed by atoms with E-state index in [1.807, 2.05) is 36.4 Å². The largest absolute Gasteiger partial charge is 0.497 e. The molecule has 0 aliphatic heterocycles. The van der Waals surface area contributed by atoms with Gasteiger partial charge in [0.05, 0.1) is 17.2 Å². The van der Waals surface area contributed by atoms with E-state index >= 15 is 0 Å². The smallest absolute Gasteiger partial charge is 0.118 e. The van der Waals surface area contributed by atoms with Gasteiger partial charge in [-0.2, -0.15) is 0 Å². The molecule has 0 heterocycles. The van der Waals surface area contributed by atoms with Crippen LogP contribution in [0.2, 0.25) is 10.0 Å². The number of benzene rings is 2. The highest BCUT2D eigenvalue weighted by atomic mass is 35.5. The zero-order valence-electron chi connectivity index (χ0n) is 10.9. The first-order chi connectivity index (χ1) is 9.70. The maximum absolute atomic E-state index is 6.02. The molecule has 2 aromatic rings. The zero-order chi connectivity index (χ0) is 14.4. The molecule has 0 N–H and O–H groups in total. The molecule has 0 spiro atoms. The Kier molecular flexibility index (Phi) is 5.22. The number of allylic oxidation sites excluding steroid dienone is 1. The zero-order valence-corrected chi connectivity index (χ0v) is 12.4. The molecule has 0 aliphatic carbocycles. The molecule has 2 nitrogen and oxygen atoms in total. The van der Waals surface area contributed by atoms with Gasteiger partial charge in [-0.25, -0.2) is 0 Å². The first kappa shape index (κ1) is 14.6. The molecule has 4 heteroatoms. The fourth-order valence-electron chi connectivity index (χ4n) is 1.60. The van der Waals surface area contributed by atoms with Gasteiger partial charge in [-0.15, -0.1) is 0 Å². The summed E-state index contributed by atoms with van der Waals surface area (Å²) < 4.78 is 5.10. The number of halogens is 2. The fourth-order valence-corrected chi connectivity index (χ4v) is 2.09. The van der Waals surface area contributed by atoms with Crippen molar-refractivity contribution < 1.29 is 4.74 Å². The van der Waals surface area contributed by atoms with Crippen LogP contribution in [0.3, 0.4) is 0 Å². The molecule has 0 radical (unpaired) electrons. The first-order valence-electron chi connectivity index (χ1n) is 5.99. The second kappa shape index (κ2) is 7.13. The third kappa shape index (κ3) is 3.86. The molecule has 0 fully saturated rings. The second-order valence-corrected chi connectivity index (χ2v) is 4.80. The van der Waals surface area contributed by atoms with Crippen LogP contribution >= 0.6 is 23.2 Å². The number of rotatable bonds is 4. The number of aliphatic imine (C=N–C) groups is 1. The van der Waals surface area contributed by atoms with Crippen LogP contribution in [-0.2, 0) is 0 Å². The molecular weight excluding hydrogens is 293 g/mol. The summed E-state index contributed by atoms with van der Waals surface area (Å²) in [6, 6.07) is 13.0. The summed E-state index contributed by atoms with van der Waals surface area (Å²) in [6.45, 7) is 0. The minimum atomic E-state index is 0.534. The minimum Gasteiger partial charge on any atom is -0.497 e. The Labute approximate surface area is 128 Å². The predicted octanol–water partition coefficient (Wildman–Crippen LogP) is 5.42. The highest BCUT2D eigenvalue weighted by Crippen LogP contribution is 2.32. The van der Waals surface area contributed by atoms with E-state index in [0.717, 1.165) is 11.3 Å². The van der Waals surface area contributed by atoms with Crippen LogP contribution in [0.1, 0.15) is 5.56 Å². The van der Waals surface area contributed by atoms with Crippen molar-refractivity contribution in [3.8, 4) is 5.75 Å². The van der Waals surface area contributed by atoms with Gasteiger partial charge in [0.2, 0.25) is 0 Å². The lowest BCUT2D eigenvalue weighted by atomic mass is 10.2. The number of para-hydroxylation sites is 1. The van der Waals surface area contributed by atoms with Gasteiger partial charge in [-0.05, 0) is 35.9 Å². The van der Waals surface area contributed by atoms with E-state index in [1.54, 1.807) is 31.5 Å².